The molecule has 0 spiro atoms. The van der Waals surface area contributed by atoms with Crippen LogP contribution in [0.2, 0.25) is 0 Å². The van der Waals surface area contributed by atoms with Crippen LogP contribution in [0.3, 0.4) is 0 Å². The summed E-state index contributed by atoms with van der Waals surface area (Å²) in [6, 6.07) is 8.95. The monoisotopic (exact) mass is 286 g/mol. The molecule has 0 amide bonds. The third-order valence-electron chi connectivity index (χ3n) is 3.95. The van der Waals surface area contributed by atoms with Gasteiger partial charge in [0.1, 0.15) is 0 Å². The number of aryl methyl sites for hydroxylation is 1. The van der Waals surface area contributed by atoms with Gasteiger partial charge in [0, 0.05) is 30.2 Å². The third kappa shape index (κ3) is 4.60. The zero-order valence-electron chi connectivity index (χ0n) is 14.0. The summed E-state index contributed by atoms with van der Waals surface area (Å²) in [7, 11) is 0. The third-order valence-corrected chi connectivity index (χ3v) is 3.95. The minimum atomic E-state index is 0.699. The van der Waals surface area contributed by atoms with Crippen LogP contribution in [-0.2, 0) is 13.1 Å². The molecule has 1 heterocycles. The van der Waals surface area contributed by atoms with Crippen molar-refractivity contribution in [1.82, 2.24) is 9.88 Å². The van der Waals surface area contributed by atoms with Crippen LogP contribution in [0.5, 0.6) is 0 Å². The second kappa shape index (κ2) is 7.65. The number of nitrogens with zero attached hydrogens (tertiary/aromatic N) is 1. The van der Waals surface area contributed by atoms with E-state index in [2.05, 4.69) is 68.0 Å². The molecule has 1 aromatic heterocycles. The quantitative estimate of drug-likeness (QED) is 0.736. The maximum Gasteiger partial charge on any atom is 0.0483 e. The fourth-order valence-electron chi connectivity index (χ4n) is 2.80. The van der Waals surface area contributed by atoms with Crippen molar-refractivity contribution in [2.45, 2.75) is 53.6 Å². The number of rotatable bonds is 8. The summed E-state index contributed by atoms with van der Waals surface area (Å²) in [5.74, 6) is 1.49. The molecule has 0 radical (unpaired) electrons. The fourth-order valence-corrected chi connectivity index (χ4v) is 2.80. The maximum atomic E-state index is 3.55. The zero-order valence-corrected chi connectivity index (χ0v) is 14.0. The van der Waals surface area contributed by atoms with Crippen LogP contribution in [0, 0.1) is 11.8 Å². The van der Waals surface area contributed by atoms with Crippen LogP contribution >= 0.6 is 0 Å². The number of aromatic nitrogens is 1. The van der Waals surface area contributed by atoms with Gasteiger partial charge in [-0.05, 0) is 48.9 Å². The molecule has 2 rings (SSSR count). The average molecular weight is 286 g/mol. The number of nitrogens with one attached hydrogen (secondary N) is 1. The molecular weight excluding hydrogens is 256 g/mol. The second-order valence-corrected chi connectivity index (χ2v) is 6.92. The van der Waals surface area contributed by atoms with Gasteiger partial charge in [0.2, 0.25) is 0 Å². The van der Waals surface area contributed by atoms with Crippen molar-refractivity contribution in [3.05, 3.63) is 36.0 Å². The Balaban J connectivity index is 2.06. The number of hydrogen-bond donors (Lipinski definition) is 1. The van der Waals surface area contributed by atoms with E-state index in [1.807, 2.05) is 0 Å². The highest BCUT2D eigenvalue weighted by Gasteiger charge is 2.06. The average Bonchev–Trinajstić information content (AvgIpc) is 2.82. The summed E-state index contributed by atoms with van der Waals surface area (Å²) in [5, 5.41) is 4.95. The lowest BCUT2D eigenvalue weighted by Crippen LogP contribution is -2.19. The van der Waals surface area contributed by atoms with Gasteiger partial charge in [-0.2, -0.15) is 0 Å². The molecule has 0 atom stereocenters. The molecule has 116 valence electrons. The lowest BCUT2D eigenvalue weighted by molar-refractivity contribution is 0.518. The van der Waals surface area contributed by atoms with E-state index in [-0.39, 0.29) is 0 Å². The molecule has 1 aromatic carbocycles. The second-order valence-electron chi connectivity index (χ2n) is 6.92. The van der Waals surface area contributed by atoms with Gasteiger partial charge in [-0.25, -0.2) is 0 Å². The van der Waals surface area contributed by atoms with Crippen molar-refractivity contribution in [2.24, 2.45) is 11.8 Å². The van der Waals surface area contributed by atoms with Gasteiger partial charge in [-0.3, -0.25) is 0 Å². The first-order chi connectivity index (χ1) is 10.1. The summed E-state index contributed by atoms with van der Waals surface area (Å²) in [4.78, 5) is 0. The predicted octanol–water partition coefficient (Wildman–Crippen LogP) is 4.82. The van der Waals surface area contributed by atoms with Crippen molar-refractivity contribution in [2.75, 3.05) is 6.54 Å². The predicted molar refractivity (Wildman–Crippen MR) is 92.6 cm³/mol. The van der Waals surface area contributed by atoms with E-state index >= 15 is 0 Å². The SMILES string of the molecule is CC(C)CCCn1ccc2c(CNCC(C)C)cccc21. The molecule has 0 saturated carbocycles. The van der Waals surface area contributed by atoms with Crippen molar-refractivity contribution in [3.8, 4) is 0 Å². The van der Waals surface area contributed by atoms with E-state index in [1.54, 1.807) is 0 Å². The van der Waals surface area contributed by atoms with Crippen LogP contribution in [0.25, 0.3) is 10.9 Å². The topological polar surface area (TPSA) is 17.0 Å². The normalized spacial score (nSPS) is 11.9. The first-order valence-electron chi connectivity index (χ1n) is 8.35. The molecule has 0 bridgehead atoms. The molecule has 0 aliphatic heterocycles. The Hall–Kier alpha value is -1.28. The maximum absolute atomic E-state index is 3.55. The van der Waals surface area contributed by atoms with Crippen LogP contribution in [0.1, 0.15) is 46.1 Å². The van der Waals surface area contributed by atoms with Gasteiger partial charge in [0.25, 0.3) is 0 Å². The van der Waals surface area contributed by atoms with Crippen molar-refractivity contribution >= 4 is 10.9 Å². The van der Waals surface area contributed by atoms with Crippen molar-refractivity contribution in [3.63, 3.8) is 0 Å². The van der Waals surface area contributed by atoms with Gasteiger partial charge in [-0.15, -0.1) is 0 Å². The zero-order chi connectivity index (χ0) is 15.2. The van der Waals surface area contributed by atoms with E-state index in [1.165, 1.54) is 29.3 Å². The van der Waals surface area contributed by atoms with Gasteiger partial charge in [0.15, 0.2) is 0 Å². The first kappa shape index (κ1) is 16.1. The summed E-state index contributed by atoms with van der Waals surface area (Å²) >= 11 is 0. The van der Waals surface area contributed by atoms with Gasteiger partial charge < -0.3 is 9.88 Å². The van der Waals surface area contributed by atoms with Crippen molar-refractivity contribution in [1.29, 1.82) is 0 Å². The van der Waals surface area contributed by atoms with E-state index < -0.39 is 0 Å². The van der Waals surface area contributed by atoms with Gasteiger partial charge in [-0.1, -0.05) is 39.8 Å². The summed E-state index contributed by atoms with van der Waals surface area (Å²) in [6.07, 6.45) is 4.81. The smallest absolute Gasteiger partial charge is 0.0483 e. The van der Waals surface area contributed by atoms with Gasteiger partial charge >= 0.3 is 0 Å². The standard InChI is InChI=1S/C19H30N2/c1-15(2)7-6-11-21-12-10-18-17(8-5-9-19(18)21)14-20-13-16(3)4/h5,8-10,12,15-16,20H,6-7,11,13-14H2,1-4H3. The molecule has 0 unspecified atom stereocenters. The van der Waals surface area contributed by atoms with E-state index in [4.69, 9.17) is 0 Å². The molecule has 1 N–H and O–H groups in total. The van der Waals surface area contributed by atoms with E-state index in [0.717, 1.165) is 25.6 Å². The largest absolute Gasteiger partial charge is 0.347 e. The highest BCUT2D eigenvalue weighted by atomic mass is 14.9. The Labute approximate surface area is 129 Å². The molecule has 0 aliphatic carbocycles. The first-order valence-corrected chi connectivity index (χ1v) is 8.35. The number of hydrogen-bond acceptors (Lipinski definition) is 1. The van der Waals surface area contributed by atoms with E-state index in [9.17, 15) is 0 Å². The Kier molecular flexibility index (Phi) is 5.86. The van der Waals surface area contributed by atoms with Crippen LogP contribution in [0.15, 0.2) is 30.5 Å². The Morgan fingerprint density at radius 2 is 1.86 bits per heavy atom. The lowest BCUT2D eigenvalue weighted by atomic mass is 10.1. The minimum absolute atomic E-state index is 0.699. The Morgan fingerprint density at radius 1 is 1.05 bits per heavy atom. The summed E-state index contributed by atoms with van der Waals surface area (Å²) in [5.41, 5.74) is 2.79. The highest BCUT2D eigenvalue weighted by Crippen LogP contribution is 2.21. The summed E-state index contributed by atoms with van der Waals surface area (Å²) in [6.45, 7) is 12.3. The van der Waals surface area contributed by atoms with Crippen LogP contribution in [-0.4, -0.2) is 11.1 Å². The molecule has 0 fully saturated rings. The molecule has 2 aromatic rings. The highest BCUT2D eigenvalue weighted by molar-refractivity contribution is 5.83. The summed E-state index contributed by atoms with van der Waals surface area (Å²) < 4.78 is 2.41. The number of benzene rings is 1. The number of fused-ring (bicyclic) bond motifs is 1. The van der Waals surface area contributed by atoms with E-state index in [0.29, 0.717) is 5.92 Å². The molecule has 0 aliphatic rings. The van der Waals surface area contributed by atoms with Gasteiger partial charge in [0.05, 0.1) is 0 Å². The molecule has 2 nitrogen and oxygen atoms in total. The molecule has 0 saturated heterocycles. The van der Waals surface area contributed by atoms with Crippen LogP contribution in [0.4, 0.5) is 0 Å². The Bertz CT molecular complexity index is 552. The fraction of sp³-hybridized carbons (Fsp3) is 0.579. The lowest BCUT2D eigenvalue weighted by Gasteiger charge is -2.10. The molecular formula is C19H30N2. The Morgan fingerprint density at radius 3 is 2.57 bits per heavy atom. The molecule has 2 heteroatoms. The molecule has 21 heavy (non-hydrogen) atoms. The van der Waals surface area contributed by atoms with Crippen LogP contribution < -0.4 is 5.32 Å². The van der Waals surface area contributed by atoms with Crippen molar-refractivity contribution < 1.29 is 0 Å². The minimum Gasteiger partial charge on any atom is -0.347 e.